The number of hydrogen-bond acceptors (Lipinski definition) is 2. The van der Waals surface area contributed by atoms with Gasteiger partial charge in [0.2, 0.25) is 0 Å². The van der Waals surface area contributed by atoms with Gasteiger partial charge in [0.1, 0.15) is 5.76 Å². The molecule has 2 heteroatoms. The highest BCUT2D eigenvalue weighted by molar-refractivity contribution is 5.40. The average molecular weight is 141 g/mol. The molecule has 10 heavy (non-hydrogen) atoms. The summed E-state index contributed by atoms with van der Waals surface area (Å²) in [6.07, 6.45) is 5.17. The van der Waals surface area contributed by atoms with E-state index in [9.17, 15) is 4.79 Å². The molecule has 0 amide bonds. The fourth-order valence-corrected chi connectivity index (χ4v) is 0.617. The van der Waals surface area contributed by atoms with Crippen LogP contribution < -0.4 is 0 Å². The van der Waals surface area contributed by atoms with Gasteiger partial charge in [0, 0.05) is 0 Å². The van der Waals surface area contributed by atoms with E-state index in [0.717, 1.165) is 19.3 Å². The van der Waals surface area contributed by atoms with Gasteiger partial charge in [0.05, 0.1) is 0 Å². The Balaban J connectivity index is 3.37. The van der Waals surface area contributed by atoms with Crippen LogP contribution in [0.15, 0.2) is 11.8 Å². The van der Waals surface area contributed by atoms with Gasteiger partial charge < -0.3 is 4.74 Å². The number of allylic oxidation sites excluding steroid dienone is 2. The van der Waals surface area contributed by atoms with Crippen LogP contribution in [-0.2, 0) is 9.53 Å². The molecule has 2 nitrogen and oxygen atoms in total. The standard InChI is InChI=1S/C8H13O2/c1-3-4-5-6-8(2)10-7-9/h6H,3-5H2,1-2H3. The molecule has 0 spiro atoms. The number of unbranched alkanes of at least 4 members (excludes halogenated alkanes) is 2. The first-order valence-electron chi connectivity index (χ1n) is 3.52. The summed E-state index contributed by atoms with van der Waals surface area (Å²) in [6.45, 7) is 5.25. The van der Waals surface area contributed by atoms with Gasteiger partial charge in [-0.1, -0.05) is 13.3 Å². The van der Waals surface area contributed by atoms with Crippen molar-refractivity contribution in [1.29, 1.82) is 0 Å². The molecule has 0 aromatic heterocycles. The lowest BCUT2D eigenvalue weighted by Crippen LogP contribution is -1.83. The van der Waals surface area contributed by atoms with E-state index in [1.54, 1.807) is 6.92 Å². The van der Waals surface area contributed by atoms with Crippen molar-refractivity contribution in [2.24, 2.45) is 0 Å². The molecule has 1 radical (unpaired) electrons. The summed E-state index contributed by atoms with van der Waals surface area (Å²) in [5.74, 6) is 0.642. The zero-order valence-electron chi connectivity index (χ0n) is 6.52. The van der Waals surface area contributed by atoms with Crippen molar-refractivity contribution in [1.82, 2.24) is 0 Å². The van der Waals surface area contributed by atoms with Gasteiger partial charge in [0.25, 0.3) is 0 Å². The number of rotatable bonds is 5. The molecule has 0 rings (SSSR count). The normalized spacial score (nSPS) is 11.2. The van der Waals surface area contributed by atoms with Crippen LogP contribution in [0, 0.1) is 0 Å². The number of hydrogen-bond donors (Lipinski definition) is 0. The maximum Gasteiger partial charge on any atom is 0.422 e. The Labute approximate surface area is 61.9 Å². The van der Waals surface area contributed by atoms with Crippen molar-refractivity contribution in [3.05, 3.63) is 11.8 Å². The predicted molar refractivity (Wildman–Crippen MR) is 40.1 cm³/mol. The maximum absolute atomic E-state index is 9.66. The SMILES string of the molecule is CCCCC=C(C)O[C]=O. The minimum absolute atomic E-state index is 0.642. The quantitative estimate of drug-likeness (QED) is 0.433. The largest absolute Gasteiger partial charge is 0.423 e. The van der Waals surface area contributed by atoms with Crippen molar-refractivity contribution in [2.45, 2.75) is 33.1 Å². The molecule has 0 fully saturated rings. The van der Waals surface area contributed by atoms with E-state index in [-0.39, 0.29) is 0 Å². The Kier molecular flexibility index (Phi) is 5.83. The second-order valence-electron chi connectivity index (χ2n) is 2.14. The van der Waals surface area contributed by atoms with Crippen LogP contribution in [0.1, 0.15) is 33.1 Å². The van der Waals surface area contributed by atoms with Gasteiger partial charge >= 0.3 is 6.47 Å². The van der Waals surface area contributed by atoms with Crippen molar-refractivity contribution in [3.63, 3.8) is 0 Å². The summed E-state index contributed by atoms with van der Waals surface area (Å²) in [5.41, 5.74) is 0. The summed E-state index contributed by atoms with van der Waals surface area (Å²) in [6, 6.07) is 0. The lowest BCUT2D eigenvalue weighted by molar-refractivity contribution is 0.362. The van der Waals surface area contributed by atoms with E-state index in [1.807, 2.05) is 6.08 Å². The van der Waals surface area contributed by atoms with Gasteiger partial charge in [-0.3, -0.25) is 0 Å². The lowest BCUT2D eigenvalue weighted by Gasteiger charge is -1.93. The molecular weight excluding hydrogens is 128 g/mol. The maximum atomic E-state index is 9.66. The second-order valence-corrected chi connectivity index (χ2v) is 2.14. The molecule has 0 saturated carbocycles. The van der Waals surface area contributed by atoms with Crippen LogP contribution in [0.5, 0.6) is 0 Å². The van der Waals surface area contributed by atoms with E-state index in [0.29, 0.717) is 5.76 Å². The molecule has 0 heterocycles. The Morgan fingerprint density at radius 3 is 2.90 bits per heavy atom. The first-order valence-corrected chi connectivity index (χ1v) is 3.52. The van der Waals surface area contributed by atoms with E-state index in [1.165, 1.54) is 6.47 Å². The molecule has 0 bridgehead atoms. The predicted octanol–water partition coefficient (Wildman–Crippen LogP) is 2.16. The zero-order chi connectivity index (χ0) is 7.82. The molecule has 0 aliphatic carbocycles. The first kappa shape index (κ1) is 9.21. The fourth-order valence-electron chi connectivity index (χ4n) is 0.617. The number of ether oxygens (including phenoxy) is 1. The fraction of sp³-hybridized carbons (Fsp3) is 0.625. The molecule has 0 aromatic carbocycles. The van der Waals surface area contributed by atoms with Crippen LogP contribution in [-0.4, -0.2) is 6.47 Å². The molecule has 0 unspecified atom stereocenters. The highest BCUT2D eigenvalue weighted by Gasteiger charge is 1.86. The summed E-state index contributed by atoms with van der Waals surface area (Å²) in [5, 5.41) is 0. The summed E-state index contributed by atoms with van der Waals surface area (Å²) in [7, 11) is 0. The Morgan fingerprint density at radius 2 is 2.40 bits per heavy atom. The Bertz CT molecular complexity index is 116. The summed E-state index contributed by atoms with van der Waals surface area (Å²) in [4.78, 5) is 9.66. The van der Waals surface area contributed by atoms with E-state index >= 15 is 0 Å². The van der Waals surface area contributed by atoms with Crippen LogP contribution in [0.3, 0.4) is 0 Å². The van der Waals surface area contributed by atoms with Gasteiger partial charge in [-0.2, -0.15) is 0 Å². The minimum atomic E-state index is 0.642. The highest BCUT2D eigenvalue weighted by Crippen LogP contribution is 2.00. The highest BCUT2D eigenvalue weighted by atomic mass is 16.5. The third-order valence-corrected chi connectivity index (χ3v) is 1.19. The Morgan fingerprint density at radius 1 is 1.70 bits per heavy atom. The zero-order valence-corrected chi connectivity index (χ0v) is 6.52. The minimum Gasteiger partial charge on any atom is -0.423 e. The van der Waals surface area contributed by atoms with E-state index < -0.39 is 0 Å². The average Bonchev–Trinajstić information content (AvgIpc) is 1.89. The second kappa shape index (κ2) is 6.33. The van der Waals surface area contributed by atoms with Crippen molar-refractivity contribution >= 4 is 6.47 Å². The third kappa shape index (κ3) is 5.35. The molecular formula is C8H13O2. The third-order valence-electron chi connectivity index (χ3n) is 1.19. The van der Waals surface area contributed by atoms with Gasteiger partial charge in [-0.05, 0) is 25.8 Å². The van der Waals surface area contributed by atoms with Gasteiger partial charge in [-0.25, -0.2) is 4.79 Å². The molecule has 0 N–H and O–H groups in total. The molecule has 0 aliphatic heterocycles. The summed E-state index contributed by atoms with van der Waals surface area (Å²) >= 11 is 0. The van der Waals surface area contributed by atoms with Gasteiger partial charge in [-0.15, -0.1) is 0 Å². The molecule has 0 aliphatic rings. The van der Waals surface area contributed by atoms with Crippen LogP contribution in [0.4, 0.5) is 0 Å². The first-order chi connectivity index (χ1) is 4.81. The topological polar surface area (TPSA) is 26.3 Å². The van der Waals surface area contributed by atoms with Gasteiger partial charge in [0.15, 0.2) is 0 Å². The number of carbonyl (C=O) groups excluding carboxylic acids is 1. The monoisotopic (exact) mass is 141 g/mol. The smallest absolute Gasteiger partial charge is 0.422 e. The summed E-state index contributed by atoms with van der Waals surface area (Å²) < 4.78 is 4.44. The van der Waals surface area contributed by atoms with Crippen molar-refractivity contribution < 1.29 is 9.53 Å². The van der Waals surface area contributed by atoms with Crippen molar-refractivity contribution in [2.75, 3.05) is 0 Å². The molecule has 0 saturated heterocycles. The van der Waals surface area contributed by atoms with Crippen LogP contribution >= 0.6 is 0 Å². The molecule has 57 valence electrons. The van der Waals surface area contributed by atoms with Crippen LogP contribution in [0.2, 0.25) is 0 Å². The molecule has 0 aromatic rings. The lowest BCUT2D eigenvalue weighted by atomic mass is 10.2. The van der Waals surface area contributed by atoms with E-state index in [4.69, 9.17) is 0 Å². The van der Waals surface area contributed by atoms with Crippen LogP contribution in [0.25, 0.3) is 0 Å². The van der Waals surface area contributed by atoms with Crippen molar-refractivity contribution in [3.8, 4) is 0 Å². The Hall–Kier alpha value is -0.790. The molecule has 0 atom stereocenters. The van der Waals surface area contributed by atoms with E-state index in [2.05, 4.69) is 11.7 Å².